The molecule has 3 heteroatoms. The van der Waals surface area contributed by atoms with Crippen LogP contribution in [0.4, 0.5) is 0 Å². The highest BCUT2D eigenvalue weighted by Gasteiger charge is 2.01. The molecule has 0 unspecified atom stereocenters. The zero-order chi connectivity index (χ0) is 15.9. The van der Waals surface area contributed by atoms with Crippen molar-refractivity contribution in [2.24, 2.45) is 0 Å². The monoisotopic (exact) mass is 385 g/mol. The maximum atomic E-state index is 9.12. The van der Waals surface area contributed by atoms with Gasteiger partial charge in [0.15, 0.2) is 12.4 Å². The van der Waals surface area contributed by atoms with Crippen molar-refractivity contribution in [2.45, 2.75) is 97.1 Å². The molecule has 0 radical (unpaired) electrons. The van der Waals surface area contributed by atoms with Crippen LogP contribution in [0, 0.1) is 0 Å². The van der Waals surface area contributed by atoms with E-state index in [1.807, 2.05) is 12.1 Å². The summed E-state index contributed by atoms with van der Waals surface area (Å²) in [5.74, 6) is 0. The molecule has 134 valence electrons. The molecule has 0 spiro atoms. The summed E-state index contributed by atoms with van der Waals surface area (Å²) in [5, 5.41) is 9.12. The van der Waals surface area contributed by atoms with Crippen LogP contribution in [0.15, 0.2) is 24.5 Å². The van der Waals surface area contributed by atoms with E-state index in [9.17, 15) is 0 Å². The summed E-state index contributed by atoms with van der Waals surface area (Å²) in [6.07, 6.45) is 20.9. The van der Waals surface area contributed by atoms with Crippen LogP contribution in [0.2, 0.25) is 0 Å². The van der Waals surface area contributed by atoms with Crippen LogP contribution in [0.25, 0.3) is 0 Å². The van der Waals surface area contributed by atoms with Crippen molar-refractivity contribution in [2.75, 3.05) is 0 Å². The van der Waals surface area contributed by atoms with Gasteiger partial charge < -0.3 is 22.1 Å². The normalized spacial score (nSPS) is 10.5. The van der Waals surface area contributed by atoms with Crippen molar-refractivity contribution in [3.05, 3.63) is 30.1 Å². The predicted octanol–water partition coefficient (Wildman–Crippen LogP) is 2.17. The Morgan fingerprint density at radius 2 is 1.35 bits per heavy atom. The first-order valence-electron chi connectivity index (χ1n) is 9.45. The summed E-state index contributed by atoms with van der Waals surface area (Å²) in [6.45, 7) is 3.49. The van der Waals surface area contributed by atoms with Crippen molar-refractivity contribution >= 4 is 0 Å². The molecular weight excluding hydrogens is 350 g/mol. The molecule has 1 N–H and O–H groups in total. The molecule has 0 aliphatic rings. The second-order valence-electron chi connectivity index (χ2n) is 6.50. The average molecular weight is 386 g/mol. The van der Waals surface area contributed by atoms with Crippen molar-refractivity contribution in [3.8, 4) is 0 Å². The Balaban J connectivity index is 0.00000484. The highest BCUT2D eigenvalue weighted by atomic mass is 79.9. The van der Waals surface area contributed by atoms with E-state index in [1.54, 1.807) is 0 Å². The fraction of sp³-hybridized carbons (Fsp3) is 0.750. The summed E-state index contributed by atoms with van der Waals surface area (Å²) >= 11 is 0. The Hall–Kier alpha value is -0.410. The van der Waals surface area contributed by atoms with Gasteiger partial charge in [0.25, 0.3) is 0 Å². The molecule has 2 nitrogen and oxygen atoms in total. The molecular formula is C20H36BrNO. The van der Waals surface area contributed by atoms with Crippen LogP contribution in [0.1, 0.15) is 89.5 Å². The third-order valence-electron chi connectivity index (χ3n) is 4.37. The van der Waals surface area contributed by atoms with Gasteiger partial charge in [0.2, 0.25) is 0 Å². The van der Waals surface area contributed by atoms with Crippen molar-refractivity contribution in [1.29, 1.82) is 0 Å². The van der Waals surface area contributed by atoms with E-state index >= 15 is 0 Å². The van der Waals surface area contributed by atoms with Gasteiger partial charge in [-0.05, 0) is 12.5 Å². The number of aromatic nitrogens is 1. The second-order valence-corrected chi connectivity index (χ2v) is 6.50. The van der Waals surface area contributed by atoms with E-state index in [4.69, 9.17) is 5.11 Å². The number of unbranched alkanes of at least 4 members (excludes halogenated alkanes) is 11. The SMILES string of the molecule is CCCCCCCCCCCCCC[n+]1cccc(CO)c1.[Br-]. The number of aryl methyl sites for hydroxylation is 1. The smallest absolute Gasteiger partial charge is 0.174 e. The third-order valence-corrected chi connectivity index (χ3v) is 4.37. The van der Waals surface area contributed by atoms with Gasteiger partial charge in [0, 0.05) is 18.1 Å². The Bertz CT molecular complexity index is 370. The fourth-order valence-corrected chi connectivity index (χ4v) is 2.94. The number of nitrogens with zero attached hydrogens (tertiary/aromatic N) is 1. The lowest BCUT2D eigenvalue weighted by Crippen LogP contribution is -3.00. The quantitative estimate of drug-likeness (QED) is 0.385. The van der Waals surface area contributed by atoms with Crippen LogP contribution in [-0.2, 0) is 13.2 Å². The lowest BCUT2D eigenvalue weighted by molar-refractivity contribution is -0.697. The zero-order valence-corrected chi connectivity index (χ0v) is 16.6. The Kier molecular flexibility index (Phi) is 16.2. The van der Waals surface area contributed by atoms with Gasteiger partial charge in [0.05, 0.1) is 6.61 Å². The summed E-state index contributed by atoms with van der Waals surface area (Å²) in [6, 6.07) is 3.99. The first-order chi connectivity index (χ1) is 10.9. The van der Waals surface area contributed by atoms with E-state index in [0.717, 1.165) is 12.1 Å². The first kappa shape index (κ1) is 22.6. The number of aliphatic hydroxyl groups excluding tert-OH is 1. The molecule has 0 aliphatic carbocycles. The number of pyridine rings is 1. The molecule has 0 fully saturated rings. The standard InChI is InChI=1S/C20H36NO.BrH/c1-2-3-4-5-6-7-8-9-10-11-12-13-16-21-17-14-15-20(18-21)19-22;/h14-15,17-18,22H,2-13,16,19H2,1H3;1H/q+1;/p-1. The lowest BCUT2D eigenvalue weighted by Gasteiger charge is -2.02. The second kappa shape index (κ2) is 16.4. The highest BCUT2D eigenvalue weighted by Crippen LogP contribution is 2.11. The lowest BCUT2D eigenvalue weighted by atomic mass is 10.1. The molecule has 1 aromatic heterocycles. The minimum absolute atomic E-state index is 0. The number of hydrogen-bond donors (Lipinski definition) is 1. The number of halogens is 1. The van der Waals surface area contributed by atoms with Crippen LogP contribution >= 0.6 is 0 Å². The van der Waals surface area contributed by atoms with Gasteiger partial charge in [-0.15, -0.1) is 0 Å². The van der Waals surface area contributed by atoms with Gasteiger partial charge in [-0.1, -0.05) is 71.1 Å². The third kappa shape index (κ3) is 12.7. The highest BCUT2D eigenvalue weighted by molar-refractivity contribution is 5.02. The van der Waals surface area contributed by atoms with E-state index in [1.165, 1.54) is 77.0 Å². The van der Waals surface area contributed by atoms with Crippen molar-refractivity contribution in [3.63, 3.8) is 0 Å². The van der Waals surface area contributed by atoms with Gasteiger partial charge in [-0.3, -0.25) is 0 Å². The minimum Gasteiger partial charge on any atom is -1.00 e. The maximum absolute atomic E-state index is 9.12. The molecule has 0 saturated heterocycles. The van der Waals surface area contributed by atoms with Crippen molar-refractivity contribution < 1.29 is 26.7 Å². The molecule has 0 aromatic carbocycles. The van der Waals surface area contributed by atoms with E-state index < -0.39 is 0 Å². The Morgan fingerprint density at radius 1 is 0.826 bits per heavy atom. The molecule has 0 aliphatic heterocycles. The van der Waals surface area contributed by atoms with Crippen LogP contribution in [0.5, 0.6) is 0 Å². The summed E-state index contributed by atoms with van der Waals surface area (Å²) in [7, 11) is 0. The molecule has 1 aromatic rings. The topological polar surface area (TPSA) is 24.1 Å². The van der Waals surface area contributed by atoms with Crippen LogP contribution in [0.3, 0.4) is 0 Å². The fourth-order valence-electron chi connectivity index (χ4n) is 2.94. The largest absolute Gasteiger partial charge is 1.00 e. The Morgan fingerprint density at radius 3 is 1.87 bits per heavy atom. The summed E-state index contributed by atoms with van der Waals surface area (Å²) < 4.78 is 2.20. The number of aliphatic hydroxyl groups is 1. The Labute approximate surface area is 154 Å². The summed E-state index contributed by atoms with van der Waals surface area (Å²) in [4.78, 5) is 0. The van der Waals surface area contributed by atoms with E-state index in [0.29, 0.717) is 0 Å². The predicted molar refractivity (Wildman–Crippen MR) is 93.6 cm³/mol. The van der Waals surface area contributed by atoms with Gasteiger partial charge >= 0.3 is 0 Å². The van der Waals surface area contributed by atoms with Gasteiger partial charge in [-0.2, -0.15) is 0 Å². The van der Waals surface area contributed by atoms with Crippen LogP contribution in [-0.4, -0.2) is 5.11 Å². The molecule has 1 rings (SSSR count). The molecule has 1 heterocycles. The number of hydrogen-bond acceptors (Lipinski definition) is 1. The average Bonchev–Trinajstić information content (AvgIpc) is 2.56. The maximum Gasteiger partial charge on any atom is 0.174 e. The van der Waals surface area contributed by atoms with Gasteiger partial charge in [0.1, 0.15) is 6.54 Å². The van der Waals surface area contributed by atoms with E-state index in [2.05, 4.69) is 23.9 Å². The van der Waals surface area contributed by atoms with Gasteiger partial charge in [-0.25, -0.2) is 4.57 Å². The zero-order valence-electron chi connectivity index (χ0n) is 15.0. The van der Waals surface area contributed by atoms with E-state index in [-0.39, 0.29) is 23.6 Å². The molecule has 0 atom stereocenters. The molecule has 0 amide bonds. The van der Waals surface area contributed by atoms with Crippen LogP contribution < -0.4 is 21.5 Å². The minimum atomic E-state index is 0. The number of rotatable bonds is 14. The summed E-state index contributed by atoms with van der Waals surface area (Å²) in [5.41, 5.74) is 1.00. The first-order valence-corrected chi connectivity index (χ1v) is 9.45. The molecule has 0 bridgehead atoms. The van der Waals surface area contributed by atoms with Crippen molar-refractivity contribution in [1.82, 2.24) is 0 Å². The molecule has 0 saturated carbocycles. The molecule has 23 heavy (non-hydrogen) atoms.